The maximum absolute atomic E-state index is 12.1. The number of nitrogens with one attached hydrogen (secondary N) is 1. The number of hydrogen-bond donors (Lipinski definition) is 1. The molecule has 1 heterocycles. The second-order valence-electron chi connectivity index (χ2n) is 4.39. The van der Waals surface area contributed by atoms with Crippen LogP contribution < -0.4 is 5.32 Å². The summed E-state index contributed by atoms with van der Waals surface area (Å²) in [5.41, 5.74) is 2.09. The zero-order valence-corrected chi connectivity index (χ0v) is 13.3. The monoisotopic (exact) mass is 307 g/mol. The molecule has 0 saturated heterocycles. The number of thioether (sulfide) groups is 1. The van der Waals surface area contributed by atoms with Crippen molar-refractivity contribution in [1.29, 1.82) is 0 Å². The van der Waals surface area contributed by atoms with E-state index in [0.29, 0.717) is 0 Å². The Morgan fingerprint density at radius 2 is 2.05 bits per heavy atom. The molecule has 0 aliphatic heterocycles. The number of rotatable bonds is 5. The Hall–Kier alpha value is -1.40. The molecular weight excluding hydrogens is 290 g/mol. The molecule has 1 aromatic heterocycles. The van der Waals surface area contributed by atoms with Crippen LogP contribution in [0.5, 0.6) is 0 Å². The number of aryl methyl sites for hydroxylation is 2. The lowest BCUT2D eigenvalue weighted by Crippen LogP contribution is -2.22. The molecule has 2 aromatic rings. The summed E-state index contributed by atoms with van der Waals surface area (Å²) in [4.78, 5) is 12.1. The van der Waals surface area contributed by atoms with Gasteiger partial charge in [0, 0.05) is 5.69 Å². The van der Waals surface area contributed by atoms with Gasteiger partial charge < -0.3 is 5.32 Å². The number of carbonyl (C=O) groups excluding carboxylic acids is 1. The Bertz CT molecular complexity index is 580. The van der Waals surface area contributed by atoms with Crippen LogP contribution in [0.25, 0.3) is 0 Å². The smallest absolute Gasteiger partial charge is 0.237 e. The molecule has 1 amide bonds. The van der Waals surface area contributed by atoms with Crippen LogP contribution in [0.15, 0.2) is 28.6 Å². The second-order valence-corrected chi connectivity index (χ2v) is 7.16. The topological polar surface area (TPSA) is 54.9 Å². The average molecular weight is 307 g/mol. The third-order valence-corrected chi connectivity index (χ3v) is 4.81. The van der Waals surface area contributed by atoms with Crippen molar-refractivity contribution in [2.75, 3.05) is 5.32 Å². The predicted molar refractivity (Wildman–Crippen MR) is 84.4 cm³/mol. The SMILES string of the molecule is CCc1ccc(NC(=O)[C@H](C)Sc2nnc(C)s2)cc1. The number of aromatic nitrogens is 2. The van der Waals surface area contributed by atoms with Gasteiger partial charge in [0.2, 0.25) is 5.91 Å². The van der Waals surface area contributed by atoms with Crippen LogP contribution in [0, 0.1) is 6.92 Å². The van der Waals surface area contributed by atoms with Crippen LogP contribution >= 0.6 is 23.1 Å². The number of nitrogens with zero attached hydrogens (tertiary/aromatic N) is 2. The second kappa shape index (κ2) is 6.85. The van der Waals surface area contributed by atoms with Gasteiger partial charge in [-0.2, -0.15) is 0 Å². The summed E-state index contributed by atoms with van der Waals surface area (Å²) in [7, 11) is 0. The fraction of sp³-hybridized carbons (Fsp3) is 0.357. The van der Waals surface area contributed by atoms with E-state index in [2.05, 4.69) is 22.4 Å². The molecule has 0 aliphatic rings. The molecule has 2 rings (SSSR count). The fourth-order valence-electron chi connectivity index (χ4n) is 1.60. The summed E-state index contributed by atoms with van der Waals surface area (Å²) >= 11 is 2.94. The van der Waals surface area contributed by atoms with E-state index in [4.69, 9.17) is 0 Å². The molecule has 0 spiro atoms. The standard InChI is InChI=1S/C14H17N3OS2/c1-4-11-5-7-12(8-6-11)15-13(18)9(2)19-14-17-16-10(3)20-14/h5-9H,4H2,1-3H3,(H,15,18)/t9-/m0/s1. The van der Waals surface area contributed by atoms with Crippen LogP contribution in [0.2, 0.25) is 0 Å². The lowest BCUT2D eigenvalue weighted by molar-refractivity contribution is -0.115. The molecule has 0 radical (unpaired) electrons. The summed E-state index contributed by atoms with van der Waals surface area (Å²) in [5, 5.41) is 11.6. The zero-order valence-electron chi connectivity index (χ0n) is 11.7. The Labute approximate surface area is 127 Å². The van der Waals surface area contributed by atoms with Crippen LogP contribution in [0.3, 0.4) is 0 Å². The highest BCUT2D eigenvalue weighted by Crippen LogP contribution is 2.26. The van der Waals surface area contributed by atoms with Gasteiger partial charge in [0.15, 0.2) is 4.34 Å². The van der Waals surface area contributed by atoms with Gasteiger partial charge in [0.05, 0.1) is 5.25 Å². The number of hydrogen-bond acceptors (Lipinski definition) is 5. The van der Waals surface area contributed by atoms with Crippen LogP contribution in [-0.4, -0.2) is 21.4 Å². The molecule has 106 valence electrons. The van der Waals surface area contributed by atoms with Crippen molar-refractivity contribution in [1.82, 2.24) is 10.2 Å². The van der Waals surface area contributed by atoms with Crippen molar-refractivity contribution >= 4 is 34.7 Å². The maximum Gasteiger partial charge on any atom is 0.237 e. The minimum atomic E-state index is -0.201. The van der Waals surface area contributed by atoms with E-state index >= 15 is 0 Å². The average Bonchev–Trinajstić information content (AvgIpc) is 2.85. The first-order valence-electron chi connectivity index (χ1n) is 6.45. The normalized spacial score (nSPS) is 12.2. The first-order chi connectivity index (χ1) is 9.58. The molecule has 0 aliphatic carbocycles. The van der Waals surface area contributed by atoms with Crippen LogP contribution in [0.4, 0.5) is 5.69 Å². The lowest BCUT2D eigenvalue weighted by atomic mass is 10.1. The van der Waals surface area contributed by atoms with Crippen molar-refractivity contribution in [3.8, 4) is 0 Å². The third kappa shape index (κ3) is 4.05. The number of carbonyl (C=O) groups is 1. The molecule has 0 saturated carbocycles. The van der Waals surface area contributed by atoms with E-state index in [0.717, 1.165) is 21.5 Å². The Morgan fingerprint density at radius 3 is 2.60 bits per heavy atom. The zero-order chi connectivity index (χ0) is 14.5. The minimum absolute atomic E-state index is 0.0212. The predicted octanol–water partition coefficient (Wildman–Crippen LogP) is 3.53. The highest BCUT2D eigenvalue weighted by atomic mass is 32.2. The Kier molecular flexibility index (Phi) is 5.14. The molecule has 1 aromatic carbocycles. The maximum atomic E-state index is 12.1. The largest absolute Gasteiger partial charge is 0.325 e. The van der Waals surface area contributed by atoms with Gasteiger partial charge in [-0.15, -0.1) is 10.2 Å². The van der Waals surface area contributed by atoms with Gasteiger partial charge >= 0.3 is 0 Å². The van der Waals surface area contributed by atoms with E-state index in [-0.39, 0.29) is 11.2 Å². The first-order valence-corrected chi connectivity index (χ1v) is 8.14. The van der Waals surface area contributed by atoms with Gasteiger partial charge in [0.25, 0.3) is 0 Å². The lowest BCUT2D eigenvalue weighted by Gasteiger charge is -2.10. The minimum Gasteiger partial charge on any atom is -0.325 e. The van der Waals surface area contributed by atoms with E-state index in [1.54, 1.807) is 0 Å². The van der Waals surface area contributed by atoms with Crippen LogP contribution in [-0.2, 0) is 11.2 Å². The molecule has 6 heteroatoms. The highest BCUT2D eigenvalue weighted by molar-refractivity contribution is 8.02. The molecule has 20 heavy (non-hydrogen) atoms. The third-order valence-electron chi connectivity index (χ3n) is 2.78. The van der Waals surface area contributed by atoms with Crippen LogP contribution in [0.1, 0.15) is 24.4 Å². The van der Waals surface area contributed by atoms with Gasteiger partial charge in [0.1, 0.15) is 5.01 Å². The molecule has 4 nitrogen and oxygen atoms in total. The van der Waals surface area contributed by atoms with Crippen molar-refractivity contribution in [3.05, 3.63) is 34.8 Å². The quantitative estimate of drug-likeness (QED) is 0.859. The van der Waals surface area contributed by atoms with Crippen molar-refractivity contribution in [2.24, 2.45) is 0 Å². The van der Waals surface area contributed by atoms with Gasteiger partial charge in [-0.1, -0.05) is 42.2 Å². The molecular formula is C14H17N3OS2. The first kappa shape index (κ1) is 15.0. The molecule has 0 unspecified atom stereocenters. The van der Waals surface area contributed by atoms with Gasteiger partial charge in [-0.05, 0) is 38.0 Å². The summed E-state index contributed by atoms with van der Waals surface area (Å²) in [6.07, 6.45) is 0.997. The number of benzene rings is 1. The molecule has 0 fully saturated rings. The Morgan fingerprint density at radius 1 is 1.35 bits per heavy atom. The van der Waals surface area contributed by atoms with E-state index in [9.17, 15) is 4.79 Å². The summed E-state index contributed by atoms with van der Waals surface area (Å²) in [5.74, 6) is -0.0212. The van der Waals surface area contributed by atoms with E-state index < -0.39 is 0 Å². The van der Waals surface area contributed by atoms with Crippen molar-refractivity contribution in [3.63, 3.8) is 0 Å². The van der Waals surface area contributed by atoms with Gasteiger partial charge in [-0.3, -0.25) is 4.79 Å². The summed E-state index contributed by atoms with van der Waals surface area (Å²) in [6, 6.07) is 7.93. The Balaban J connectivity index is 1.93. The van der Waals surface area contributed by atoms with Crippen molar-refractivity contribution < 1.29 is 4.79 Å². The molecule has 1 atom stereocenters. The van der Waals surface area contributed by atoms with Gasteiger partial charge in [-0.25, -0.2) is 0 Å². The number of amides is 1. The molecule has 0 bridgehead atoms. The summed E-state index contributed by atoms with van der Waals surface area (Å²) in [6.45, 7) is 5.88. The van der Waals surface area contributed by atoms with E-state index in [1.807, 2.05) is 38.1 Å². The summed E-state index contributed by atoms with van der Waals surface area (Å²) < 4.78 is 0.825. The fourth-order valence-corrected chi connectivity index (χ4v) is 3.56. The molecule has 1 N–H and O–H groups in total. The van der Waals surface area contributed by atoms with Crippen molar-refractivity contribution in [2.45, 2.75) is 36.8 Å². The van der Waals surface area contributed by atoms with E-state index in [1.165, 1.54) is 28.7 Å². The number of anilines is 1. The highest BCUT2D eigenvalue weighted by Gasteiger charge is 2.16.